The van der Waals surface area contributed by atoms with Crippen LogP contribution >= 0.6 is 11.3 Å². The molecule has 0 saturated carbocycles. The number of nitrogens with one attached hydrogen (secondary N) is 2. The lowest BCUT2D eigenvalue weighted by Gasteiger charge is -2.27. The SMILES string of the molecule is COCCOC(=O)C1=C(C)NC(=O)N[C@H]1c1cccs1. The highest BCUT2D eigenvalue weighted by Gasteiger charge is 2.32. The zero-order chi connectivity index (χ0) is 14.5. The van der Waals surface area contributed by atoms with Crippen LogP contribution in [0.2, 0.25) is 0 Å². The van der Waals surface area contributed by atoms with Crippen molar-refractivity contribution in [3.8, 4) is 0 Å². The maximum atomic E-state index is 12.2. The van der Waals surface area contributed by atoms with Gasteiger partial charge in [0.1, 0.15) is 6.61 Å². The molecule has 0 bridgehead atoms. The Labute approximate surface area is 120 Å². The molecule has 0 unspecified atom stereocenters. The van der Waals surface area contributed by atoms with Gasteiger partial charge in [0.05, 0.1) is 18.2 Å². The van der Waals surface area contributed by atoms with Gasteiger partial charge in [-0.15, -0.1) is 11.3 Å². The number of carbonyl (C=O) groups excluding carboxylic acids is 2. The molecule has 1 aliphatic rings. The largest absolute Gasteiger partial charge is 0.460 e. The van der Waals surface area contributed by atoms with Crippen LogP contribution in [-0.2, 0) is 14.3 Å². The second-order valence-electron chi connectivity index (χ2n) is 4.21. The van der Waals surface area contributed by atoms with E-state index in [2.05, 4.69) is 10.6 Å². The predicted octanol–water partition coefficient (Wildman–Crippen LogP) is 1.57. The lowest BCUT2D eigenvalue weighted by molar-refractivity contribution is -0.140. The second kappa shape index (κ2) is 6.53. The monoisotopic (exact) mass is 296 g/mol. The van der Waals surface area contributed by atoms with E-state index in [1.807, 2.05) is 17.5 Å². The van der Waals surface area contributed by atoms with Crippen molar-refractivity contribution in [1.29, 1.82) is 0 Å². The lowest BCUT2D eigenvalue weighted by atomic mass is 10.0. The third kappa shape index (κ3) is 3.17. The first-order valence-corrected chi connectivity index (χ1v) is 6.99. The van der Waals surface area contributed by atoms with E-state index in [1.165, 1.54) is 18.4 Å². The van der Waals surface area contributed by atoms with Crippen LogP contribution in [-0.4, -0.2) is 32.3 Å². The fourth-order valence-electron chi connectivity index (χ4n) is 1.93. The molecule has 0 fully saturated rings. The van der Waals surface area contributed by atoms with E-state index in [0.717, 1.165) is 4.88 Å². The Morgan fingerprint density at radius 2 is 2.25 bits per heavy atom. The van der Waals surface area contributed by atoms with Crippen LogP contribution in [0.1, 0.15) is 17.8 Å². The van der Waals surface area contributed by atoms with Gasteiger partial charge in [-0.05, 0) is 18.4 Å². The van der Waals surface area contributed by atoms with Gasteiger partial charge in [0, 0.05) is 17.7 Å². The fourth-order valence-corrected chi connectivity index (χ4v) is 2.71. The molecule has 1 atom stereocenters. The van der Waals surface area contributed by atoms with Crippen molar-refractivity contribution >= 4 is 23.3 Å². The molecule has 6 nitrogen and oxygen atoms in total. The van der Waals surface area contributed by atoms with Gasteiger partial charge in [0.25, 0.3) is 0 Å². The molecular weight excluding hydrogens is 280 g/mol. The molecule has 1 aromatic heterocycles. The van der Waals surface area contributed by atoms with Crippen LogP contribution in [0.15, 0.2) is 28.8 Å². The van der Waals surface area contributed by atoms with Gasteiger partial charge in [0.2, 0.25) is 0 Å². The Bertz CT molecular complexity index is 524. The summed E-state index contributed by atoms with van der Waals surface area (Å²) in [5.41, 5.74) is 0.928. The minimum atomic E-state index is -0.473. The van der Waals surface area contributed by atoms with Crippen LogP contribution in [0.25, 0.3) is 0 Å². The Kier molecular flexibility index (Phi) is 4.75. The van der Waals surface area contributed by atoms with Crippen LogP contribution in [0.5, 0.6) is 0 Å². The Balaban J connectivity index is 2.22. The van der Waals surface area contributed by atoms with Crippen LogP contribution in [0.3, 0.4) is 0 Å². The molecule has 2 heterocycles. The van der Waals surface area contributed by atoms with Crippen molar-refractivity contribution in [2.24, 2.45) is 0 Å². The lowest BCUT2D eigenvalue weighted by Crippen LogP contribution is -2.45. The van der Waals surface area contributed by atoms with Gasteiger partial charge in [-0.3, -0.25) is 0 Å². The summed E-state index contributed by atoms with van der Waals surface area (Å²) in [7, 11) is 1.54. The number of esters is 1. The minimum Gasteiger partial charge on any atom is -0.460 e. The van der Waals surface area contributed by atoms with Gasteiger partial charge in [-0.2, -0.15) is 0 Å². The van der Waals surface area contributed by atoms with Crippen LogP contribution in [0, 0.1) is 0 Å². The summed E-state index contributed by atoms with van der Waals surface area (Å²) in [4.78, 5) is 24.6. The van der Waals surface area contributed by atoms with Gasteiger partial charge >= 0.3 is 12.0 Å². The predicted molar refractivity (Wildman–Crippen MR) is 74.3 cm³/mol. The molecule has 0 saturated heterocycles. The smallest absolute Gasteiger partial charge is 0.338 e. The zero-order valence-corrected chi connectivity index (χ0v) is 12.1. The summed E-state index contributed by atoms with van der Waals surface area (Å²) in [6.07, 6.45) is 0. The number of amides is 2. The summed E-state index contributed by atoms with van der Waals surface area (Å²) in [5.74, 6) is -0.453. The number of rotatable bonds is 5. The van der Waals surface area contributed by atoms with E-state index in [1.54, 1.807) is 6.92 Å². The highest BCUT2D eigenvalue weighted by atomic mass is 32.1. The quantitative estimate of drug-likeness (QED) is 0.638. The van der Waals surface area contributed by atoms with Gasteiger partial charge < -0.3 is 20.1 Å². The molecule has 0 aromatic carbocycles. The highest BCUT2D eigenvalue weighted by Crippen LogP contribution is 2.30. The van der Waals surface area contributed by atoms with Crippen LogP contribution in [0.4, 0.5) is 4.79 Å². The van der Waals surface area contributed by atoms with E-state index in [0.29, 0.717) is 17.9 Å². The van der Waals surface area contributed by atoms with E-state index < -0.39 is 12.0 Å². The van der Waals surface area contributed by atoms with Crippen molar-refractivity contribution in [3.05, 3.63) is 33.7 Å². The fraction of sp³-hybridized carbons (Fsp3) is 0.385. The number of methoxy groups -OCH3 is 1. The zero-order valence-electron chi connectivity index (χ0n) is 11.3. The summed E-state index contributed by atoms with van der Waals surface area (Å²) >= 11 is 1.47. The number of hydrogen-bond acceptors (Lipinski definition) is 5. The number of urea groups is 1. The molecule has 2 rings (SSSR count). The second-order valence-corrected chi connectivity index (χ2v) is 5.19. The van der Waals surface area contributed by atoms with Crippen LogP contribution < -0.4 is 10.6 Å². The minimum absolute atomic E-state index is 0.178. The standard InChI is InChI=1S/C13H16N2O4S/c1-8-10(12(16)19-6-5-18-2)11(15-13(17)14-8)9-4-3-7-20-9/h3-4,7,11H,5-6H2,1-2H3,(H2,14,15,17)/t11-/m0/s1. The molecule has 0 spiro atoms. The van der Waals surface area contributed by atoms with Crippen molar-refractivity contribution in [3.63, 3.8) is 0 Å². The first kappa shape index (κ1) is 14.5. The average Bonchev–Trinajstić information content (AvgIpc) is 2.91. The van der Waals surface area contributed by atoms with E-state index in [9.17, 15) is 9.59 Å². The number of hydrogen-bond donors (Lipinski definition) is 2. The summed E-state index contributed by atoms with van der Waals surface area (Å²) in [6.45, 7) is 2.20. The molecule has 0 aliphatic carbocycles. The van der Waals surface area contributed by atoms with Crippen molar-refractivity contribution in [1.82, 2.24) is 10.6 Å². The maximum absolute atomic E-state index is 12.2. The Hall–Kier alpha value is -1.86. The molecule has 2 N–H and O–H groups in total. The molecule has 108 valence electrons. The molecule has 1 aliphatic heterocycles. The van der Waals surface area contributed by atoms with E-state index in [-0.39, 0.29) is 12.6 Å². The summed E-state index contributed by atoms with van der Waals surface area (Å²) in [6, 6.07) is 2.95. The summed E-state index contributed by atoms with van der Waals surface area (Å²) < 4.78 is 9.99. The number of thiophene rings is 1. The normalized spacial score (nSPS) is 18.5. The highest BCUT2D eigenvalue weighted by molar-refractivity contribution is 7.10. The number of allylic oxidation sites excluding steroid dienone is 1. The maximum Gasteiger partial charge on any atom is 0.338 e. The third-order valence-corrected chi connectivity index (χ3v) is 3.77. The Morgan fingerprint density at radius 1 is 1.45 bits per heavy atom. The molecule has 0 radical (unpaired) electrons. The number of ether oxygens (including phenoxy) is 2. The summed E-state index contributed by atoms with van der Waals surface area (Å²) in [5, 5.41) is 7.23. The van der Waals surface area contributed by atoms with E-state index in [4.69, 9.17) is 9.47 Å². The van der Waals surface area contributed by atoms with Gasteiger partial charge in [-0.1, -0.05) is 6.07 Å². The Morgan fingerprint density at radius 3 is 2.90 bits per heavy atom. The molecular formula is C13H16N2O4S. The van der Waals surface area contributed by atoms with Crippen molar-refractivity contribution in [2.45, 2.75) is 13.0 Å². The third-order valence-electron chi connectivity index (χ3n) is 2.84. The first-order chi connectivity index (χ1) is 9.63. The molecule has 7 heteroatoms. The topological polar surface area (TPSA) is 76.7 Å². The van der Waals surface area contributed by atoms with E-state index >= 15 is 0 Å². The number of carbonyl (C=O) groups is 2. The first-order valence-electron chi connectivity index (χ1n) is 6.11. The molecule has 2 amide bonds. The van der Waals surface area contributed by atoms with Gasteiger partial charge in [0.15, 0.2) is 0 Å². The molecule has 20 heavy (non-hydrogen) atoms. The molecule has 1 aromatic rings. The average molecular weight is 296 g/mol. The van der Waals surface area contributed by atoms with Crippen molar-refractivity contribution in [2.75, 3.05) is 20.3 Å². The van der Waals surface area contributed by atoms with Crippen molar-refractivity contribution < 1.29 is 19.1 Å². The van der Waals surface area contributed by atoms with Gasteiger partial charge in [-0.25, -0.2) is 9.59 Å².